The highest BCUT2D eigenvalue weighted by Crippen LogP contribution is 2.27. The maximum atomic E-state index is 13.0. The van der Waals surface area contributed by atoms with E-state index in [1.807, 2.05) is 0 Å². The molecule has 0 bridgehead atoms. The fraction of sp³-hybridized carbons (Fsp3) is 0. The zero-order valence-corrected chi connectivity index (χ0v) is 14.1. The Hall–Kier alpha value is -3.18. The summed E-state index contributed by atoms with van der Waals surface area (Å²) in [6, 6.07) is 16.0. The average molecular weight is 367 g/mol. The summed E-state index contributed by atoms with van der Waals surface area (Å²) in [5.74, 6) is 0.193. The molecule has 0 atom stereocenters. The highest BCUT2D eigenvalue weighted by atomic mass is 35.5. The van der Waals surface area contributed by atoms with Crippen molar-refractivity contribution in [1.82, 2.24) is 4.98 Å². The van der Waals surface area contributed by atoms with Crippen LogP contribution in [0.5, 0.6) is 5.75 Å². The number of nitrogens with zero attached hydrogens (tertiary/aromatic N) is 2. The summed E-state index contributed by atoms with van der Waals surface area (Å²) in [6.45, 7) is 0. The maximum Gasteiger partial charge on any atom is 0.227 e. The summed E-state index contributed by atoms with van der Waals surface area (Å²) < 4.78 is 18.7. The minimum absolute atomic E-state index is 0.0965. The van der Waals surface area contributed by atoms with Gasteiger partial charge in [0, 0.05) is 22.4 Å². The Morgan fingerprint density at radius 2 is 1.85 bits per heavy atom. The smallest absolute Gasteiger partial charge is 0.227 e. The summed E-state index contributed by atoms with van der Waals surface area (Å²) >= 11 is 5.93. The molecule has 0 saturated carbocycles. The Kier molecular flexibility index (Phi) is 4.14. The summed E-state index contributed by atoms with van der Waals surface area (Å²) in [4.78, 5) is 8.77. The van der Waals surface area contributed by atoms with Gasteiger partial charge in [-0.1, -0.05) is 11.6 Å². The van der Waals surface area contributed by atoms with Gasteiger partial charge in [-0.3, -0.25) is 4.99 Å². The molecule has 0 aliphatic rings. The van der Waals surface area contributed by atoms with Gasteiger partial charge in [0.05, 0.1) is 5.69 Å². The molecule has 26 heavy (non-hydrogen) atoms. The molecule has 3 aromatic carbocycles. The summed E-state index contributed by atoms with van der Waals surface area (Å²) in [5.41, 5.74) is 3.10. The number of phenolic OH excluding ortho intramolecular Hbond substituents is 1. The molecule has 0 unspecified atom stereocenters. The second kappa shape index (κ2) is 6.61. The van der Waals surface area contributed by atoms with Crippen LogP contribution in [0, 0.1) is 5.82 Å². The summed E-state index contributed by atoms with van der Waals surface area (Å²) in [7, 11) is 0. The van der Waals surface area contributed by atoms with E-state index in [-0.39, 0.29) is 11.6 Å². The third kappa shape index (κ3) is 3.30. The predicted octanol–water partition coefficient (Wildman–Crippen LogP) is 5.74. The van der Waals surface area contributed by atoms with E-state index < -0.39 is 0 Å². The predicted molar refractivity (Wildman–Crippen MR) is 99.8 cm³/mol. The molecule has 0 amide bonds. The van der Waals surface area contributed by atoms with Crippen molar-refractivity contribution < 1.29 is 13.9 Å². The highest BCUT2D eigenvalue weighted by Gasteiger charge is 2.09. The van der Waals surface area contributed by atoms with E-state index in [1.54, 1.807) is 42.5 Å². The molecule has 1 aromatic heterocycles. The van der Waals surface area contributed by atoms with Crippen LogP contribution < -0.4 is 0 Å². The first-order chi connectivity index (χ1) is 12.6. The van der Waals surface area contributed by atoms with Crippen molar-refractivity contribution in [3.05, 3.63) is 77.1 Å². The SMILES string of the molecule is Oc1ccc(Cl)cc1C=Nc1ccc2oc(-c3ccc(F)cc3)nc2c1. The van der Waals surface area contributed by atoms with Gasteiger partial charge in [-0.15, -0.1) is 0 Å². The molecule has 0 aliphatic heterocycles. The van der Waals surface area contributed by atoms with Crippen LogP contribution in [0.1, 0.15) is 5.56 Å². The number of aromatic hydroxyl groups is 1. The Balaban J connectivity index is 1.66. The van der Waals surface area contributed by atoms with Gasteiger partial charge < -0.3 is 9.52 Å². The van der Waals surface area contributed by atoms with Gasteiger partial charge in [0.2, 0.25) is 5.89 Å². The molecule has 4 rings (SSSR count). The van der Waals surface area contributed by atoms with Crippen molar-refractivity contribution in [3.8, 4) is 17.2 Å². The summed E-state index contributed by atoms with van der Waals surface area (Å²) in [6.07, 6.45) is 1.53. The molecule has 1 N–H and O–H groups in total. The first kappa shape index (κ1) is 16.3. The fourth-order valence-electron chi connectivity index (χ4n) is 2.48. The van der Waals surface area contributed by atoms with E-state index in [9.17, 15) is 9.50 Å². The highest BCUT2D eigenvalue weighted by molar-refractivity contribution is 6.30. The van der Waals surface area contributed by atoms with Crippen LogP contribution in [0.25, 0.3) is 22.6 Å². The lowest BCUT2D eigenvalue weighted by Gasteiger charge is -1.99. The third-order valence-corrected chi connectivity index (χ3v) is 4.04. The van der Waals surface area contributed by atoms with Crippen molar-refractivity contribution >= 4 is 34.6 Å². The number of fused-ring (bicyclic) bond motifs is 1. The van der Waals surface area contributed by atoms with Crippen LogP contribution in [0.2, 0.25) is 5.02 Å². The number of aromatic nitrogens is 1. The van der Waals surface area contributed by atoms with Gasteiger partial charge in [0.15, 0.2) is 5.58 Å². The van der Waals surface area contributed by atoms with Crippen LogP contribution in [-0.4, -0.2) is 16.3 Å². The second-order valence-electron chi connectivity index (χ2n) is 5.64. The Bertz CT molecular complexity index is 1120. The van der Waals surface area contributed by atoms with Crippen LogP contribution in [-0.2, 0) is 0 Å². The van der Waals surface area contributed by atoms with Crippen molar-refractivity contribution in [1.29, 1.82) is 0 Å². The molecule has 0 aliphatic carbocycles. The number of hydrogen-bond acceptors (Lipinski definition) is 4. The Morgan fingerprint density at radius 3 is 2.65 bits per heavy atom. The van der Waals surface area contributed by atoms with Crippen molar-refractivity contribution in [2.45, 2.75) is 0 Å². The van der Waals surface area contributed by atoms with Crippen molar-refractivity contribution in [3.63, 3.8) is 0 Å². The minimum atomic E-state index is -0.314. The lowest BCUT2D eigenvalue weighted by molar-refractivity contribution is 0.474. The number of phenols is 1. The zero-order valence-electron chi connectivity index (χ0n) is 13.4. The molecule has 128 valence electrons. The second-order valence-corrected chi connectivity index (χ2v) is 6.08. The maximum absolute atomic E-state index is 13.0. The number of aliphatic imine (C=N–C) groups is 1. The lowest BCUT2D eigenvalue weighted by Crippen LogP contribution is -1.82. The van der Waals surface area contributed by atoms with Crippen LogP contribution in [0.15, 0.2) is 70.1 Å². The number of hydrogen-bond donors (Lipinski definition) is 1. The van der Waals surface area contributed by atoms with Crippen LogP contribution in [0.3, 0.4) is 0 Å². The largest absolute Gasteiger partial charge is 0.507 e. The molecular formula is C20H12ClFN2O2. The van der Waals surface area contributed by atoms with Gasteiger partial charge >= 0.3 is 0 Å². The molecule has 0 saturated heterocycles. The molecule has 0 spiro atoms. The van der Waals surface area contributed by atoms with E-state index in [0.717, 1.165) is 0 Å². The minimum Gasteiger partial charge on any atom is -0.507 e. The Morgan fingerprint density at radius 1 is 1.04 bits per heavy atom. The fourth-order valence-corrected chi connectivity index (χ4v) is 2.67. The van der Waals surface area contributed by atoms with Crippen molar-refractivity contribution in [2.75, 3.05) is 0 Å². The quantitative estimate of drug-likeness (QED) is 0.470. The standard InChI is InChI=1S/C20H12ClFN2O2/c21-14-3-7-18(25)13(9-14)11-23-16-6-8-19-17(10-16)24-20(26-19)12-1-4-15(22)5-2-12/h1-11,25H. The number of benzene rings is 3. The number of rotatable bonds is 3. The lowest BCUT2D eigenvalue weighted by atomic mass is 10.2. The van der Waals surface area contributed by atoms with E-state index in [4.69, 9.17) is 16.0 Å². The molecule has 1 heterocycles. The topological polar surface area (TPSA) is 58.6 Å². The van der Waals surface area contributed by atoms with Gasteiger partial charge in [0.1, 0.15) is 17.1 Å². The van der Waals surface area contributed by atoms with E-state index >= 15 is 0 Å². The first-order valence-electron chi connectivity index (χ1n) is 7.77. The third-order valence-electron chi connectivity index (χ3n) is 3.80. The normalized spacial score (nSPS) is 11.5. The first-order valence-corrected chi connectivity index (χ1v) is 8.15. The van der Waals surface area contributed by atoms with E-state index in [0.29, 0.717) is 38.8 Å². The molecule has 0 fully saturated rings. The van der Waals surface area contributed by atoms with E-state index in [2.05, 4.69) is 9.98 Å². The van der Waals surface area contributed by atoms with Gasteiger partial charge in [-0.05, 0) is 60.7 Å². The molecule has 0 radical (unpaired) electrons. The van der Waals surface area contributed by atoms with Crippen LogP contribution in [0.4, 0.5) is 10.1 Å². The Labute approximate surface area is 153 Å². The van der Waals surface area contributed by atoms with E-state index in [1.165, 1.54) is 24.4 Å². The molecule has 4 nitrogen and oxygen atoms in total. The molecule has 4 aromatic rings. The number of halogens is 2. The van der Waals surface area contributed by atoms with Gasteiger partial charge in [0.25, 0.3) is 0 Å². The van der Waals surface area contributed by atoms with Crippen molar-refractivity contribution in [2.24, 2.45) is 4.99 Å². The zero-order chi connectivity index (χ0) is 18.1. The average Bonchev–Trinajstić information content (AvgIpc) is 3.06. The van der Waals surface area contributed by atoms with Gasteiger partial charge in [-0.25, -0.2) is 9.37 Å². The molecular weight excluding hydrogens is 355 g/mol. The monoisotopic (exact) mass is 366 g/mol. The summed E-state index contributed by atoms with van der Waals surface area (Å²) in [5, 5.41) is 10.3. The molecule has 6 heteroatoms. The number of oxazole rings is 1. The van der Waals surface area contributed by atoms with Crippen LogP contribution >= 0.6 is 11.6 Å². The van der Waals surface area contributed by atoms with Gasteiger partial charge in [-0.2, -0.15) is 0 Å².